The smallest absolute Gasteiger partial charge is 0.167 e. The Morgan fingerprint density at radius 3 is 2.53 bits per heavy atom. The molecule has 19 heavy (non-hydrogen) atoms. The lowest BCUT2D eigenvalue weighted by Crippen LogP contribution is -2.04. The average molecular weight is 346 g/mol. The predicted molar refractivity (Wildman–Crippen MR) is 73.5 cm³/mol. The molecular weight excluding hydrogens is 338 g/mol. The van der Waals surface area contributed by atoms with Gasteiger partial charge in [-0.25, -0.2) is 8.78 Å². The topological polar surface area (TPSA) is 17.1 Å². The minimum atomic E-state index is -0.576. The van der Waals surface area contributed by atoms with Crippen molar-refractivity contribution >= 4 is 33.3 Å². The van der Waals surface area contributed by atoms with E-state index in [1.165, 1.54) is 24.3 Å². The second-order valence-corrected chi connectivity index (χ2v) is 5.33. The largest absolute Gasteiger partial charge is 0.294 e. The number of carbonyl (C=O) groups excluding carboxylic acids is 1. The van der Waals surface area contributed by atoms with Gasteiger partial charge in [-0.3, -0.25) is 4.79 Å². The Labute approximate surface area is 122 Å². The van der Waals surface area contributed by atoms with Crippen molar-refractivity contribution in [2.45, 2.75) is 6.42 Å². The fourth-order valence-electron chi connectivity index (χ4n) is 1.65. The zero-order chi connectivity index (χ0) is 14.0. The SMILES string of the molecule is O=C(Cc1ccc(Cl)c(F)c1)c1cc(F)cc(Br)c1. The van der Waals surface area contributed by atoms with Crippen molar-refractivity contribution in [3.8, 4) is 0 Å². The summed E-state index contributed by atoms with van der Waals surface area (Å²) in [7, 11) is 0. The average Bonchev–Trinajstić information content (AvgIpc) is 2.32. The summed E-state index contributed by atoms with van der Waals surface area (Å²) < 4.78 is 26.9. The highest BCUT2D eigenvalue weighted by Crippen LogP contribution is 2.19. The first-order valence-corrected chi connectivity index (χ1v) is 6.56. The standard InChI is InChI=1S/C14H8BrClF2O/c15-10-5-9(6-11(17)7-10)14(19)4-8-1-2-12(16)13(18)3-8/h1-3,5-7H,4H2. The van der Waals surface area contributed by atoms with Crippen LogP contribution in [0.3, 0.4) is 0 Å². The normalized spacial score (nSPS) is 10.5. The molecule has 2 aromatic rings. The molecule has 0 aliphatic rings. The van der Waals surface area contributed by atoms with E-state index in [0.717, 1.165) is 6.07 Å². The molecule has 2 aromatic carbocycles. The molecule has 0 N–H and O–H groups in total. The van der Waals surface area contributed by atoms with Gasteiger partial charge in [0.25, 0.3) is 0 Å². The highest BCUT2D eigenvalue weighted by atomic mass is 79.9. The molecule has 2 rings (SSSR count). The second-order valence-electron chi connectivity index (χ2n) is 4.01. The van der Waals surface area contributed by atoms with Crippen LogP contribution in [0.4, 0.5) is 8.78 Å². The van der Waals surface area contributed by atoms with Crippen molar-refractivity contribution in [1.82, 2.24) is 0 Å². The van der Waals surface area contributed by atoms with E-state index < -0.39 is 11.6 Å². The molecule has 0 heterocycles. The summed E-state index contributed by atoms with van der Waals surface area (Å²) in [6.07, 6.45) is -0.00994. The summed E-state index contributed by atoms with van der Waals surface area (Å²) in [5, 5.41) is 0.00435. The Kier molecular flexibility index (Phi) is 4.32. The van der Waals surface area contributed by atoms with Gasteiger partial charge in [-0.1, -0.05) is 33.6 Å². The first kappa shape index (κ1) is 14.2. The summed E-state index contributed by atoms with van der Waals surface area (Å²) in [6, 6.07) is 8.10. The number of hydrogen-bond donors (Lipinski definition) is 0. The summed E-state index contributed by atoms with van der Waals surface area (Å²) >= 11 is 8.68. The van der Waals surface area contributed by atoms with Gasteiger partial charge in [0.2, 0.25) is 0 Å². The quantitative estimate of drug-likeness (QED) is 0.730. The van der Waals surface area contributed by atoms with Gasteiger partial charge < -0.3 is 0 Å². The summed E-state index contributed by atoms with van der Waals surface area (Å²) in [6.45, 7) is 0. The minimum absolute atomic E-state index is 0.00435. The second kappa shape index (κ2) is 5.80. The molecule has 0 atom stereocenters. The molecule has 0 saturated carbocycles. The lowest BCUT2D eigenvalue weighted by Gasteiger charge is -2.04. The maximum atomic E-state index is 13.2. The van der Waals surface area contributed by atoms with Crippen LogP contribution in [0.2, 0.25) is 5.02 Å². The molecule has 0 amide bonds. The fraction of sp³-hybridized carbons (Fsp3) is 0.0714. The molecule has 0 fully saturated rings. The molecule has 0 radical (unpaired) electrons. The Bertz CT molecular complexity index is 623. The number of halogens is 4. The van der Waals surface area contributed by atoms with E-state index in [9.17, 15) is 13.6 Å². The zero-order valence-electron chi connectivity index (χ0n) is 9.59. The van der Waals surface area contributed by atoms with Gasteiger partial charge in [0.1, 0.15) is 11.6 Å². The van der Waals surface area contributed by atoms with Crippen LogP contribution in [0, 0.1) is 11.6 Å². The van der Waals surface area contributed by atoms with Crippen LogP contribution in [0.25, 0.3) is 0 Å². The van der Waals surface area contributed by atoms with Crippen LogP contribution in [-0.4, -0.2) is 5.78 Å². The monoisotopic (exact) mass is 344 g/mol. The van der Waals surface area contributed by atoms with Crippen LogP contribution in [0.5, 0.6) is 0 Å². The molecule has 0 saturated heterocycles. The molecule has 0 aliphatic heterocycles. The van der Waals surface area contributed by atoms with Crippen molar-refractivity contribution in [2.24, 2.45) is 0 Å². The van der Waals surface area contributed by atoms with Crippen molar-refractivity contribution < 1.29 is 13.6 Å². The first-order valence-electron chi connectivity index (χ1n) is 5.39. The third kappa shape index (κ3) is 3.61. The van der Waals surface area contributed by atoms with Crippen molar-refractivity contribution in [2.75, 3.05) is 0 Å². The van der Waals surface area contributed by atoms with Gasteiger partial charge in [-0.15, -0.1) is 0 Å². The Hall–Kier alpha value is -1.26. The van der Waals surface area contributed by atoms with Gasteiger partial charge in [0, 0.05) is 16.5 Å². The molecule has 0 bridgehead atoms. The number of rotatable bonds is 3. The Morgan fingerprint density at radius 2 is 1.89 bits per heavy atom. The third-order valence-corrected chi connectivity index (χ3v) is 3.30. The minimum Gasteiger partial charge on any atom is -0.294 e. The van der Waals surface area contributed by atoms with E-state index in [2.05, 4.69) is 15.9 Å². The van der Waals surface area contributed by atoms with E-state index in [1.54, 1.807) is 6.07 Å². The molecular formula is C14H8BrClF2O. The van der Waals surface area contributed by atoms with Crippen LogP contribution in [-0.2, 0) is 6.42 Å². The van der Waals surface area contributed by atoms with Crippen LogP contribution in [0.15, 0.2) is 40.9 Å². The molecule has 0 unspecified atom stereocenters. The van der Waals surface area contributed by atoms with Gasteiger partial charge in [0.05, 0.1) is 5.02 Å². The molecule has 98 valence electrons. The molecule has 1 nitrogen and oxygen atoms in total. The summed E-state index contributed by atoms with van der Waals surface area (Å²) in [5.41, 5.74) is 0.731. The fourth-order valence-corrected chi connectivity index (χ4v) is 2.23. The third-order valence-electron chi connectivity index (χ3n) is 2.53. The van der Waals surface area contributed by atoms with E-state index >= 15 is 0 Å². The molecule has 0 spiro atoms. The maximum Gasteiger partial charge on any atom is 0.167 e. The molecule has 5 heteroatoms. The van der Waals surface area contributed by atoms with E-state index in [-0.39, 0.29) is 22.8 Å². The van der Waals surface area contributed by atoms with Crippen molar-refractivity contribution in [1.29, 1.82) is 0 Å². The zero-order valence-corrected chi connectivity index (χ0v) is 11.9. The summed E-state index contributed by atoms with van der Waals surface area (Å²) in [4.78, 5) is 12.0. The van der Waals surface area contributed by atoms with E-state index in [1.807, 2.05) is 0 Å². The number of hydrogen-bond acceptors (Lipinski definition) is 1. The number of benzene rings is 2. The number of ketones is 1. The Balaban J connectivity index is 2.22. The van der Waals surface area contributed by atoms with E-state index in [0.29, 0.717) is 10.0 Å². The van der Waals surface area contributed by atoms with Gasteiger partial charge in [-0.2, -0.15) is 0 Å². The number of Topliss-reactive ketones (excluding diaryl/α,β-unsaturated/α-hetero) is 1. The first-order chi connectivity index (χ1) is 8.95. The highest BCUT2D eigenvalue weighted by Gasteiger charge is 2.11. The summed E-state index contributed by atoms with van der Waals surface area (Å²) in [5.74, 6) is -1.37. The lowest BCUT2D eigenvalue weighted by molar-refractivity contribution is 0.0992. The van der Waals surface area contributed by atoms with Gasteiger partial charge in [0.15, 0.2) is 5.78 Å². The van der Waals surface area contributed by atoms with E-state index in [4.69, 9.17) is 11.6 Å². The Morgan fingerprint density at radius 1 is 1.16 bits per heavy atom. The van der Waals surface area contributed by atoms with Crippen molar-refractivity contribution in [3.05, 3.63) is 68.7 Å². The van der Waals surface area contributed by atoms with Crippen LogP contribution < -0.4 is 0 Å². The predicted octanol–water partition coefficient (Wildman–Crippen LogP) is 4.81. The lowest BCUT2D eigenvalue weighted by atomic mass is 10.0. The van der Waals surface area contributed by atoms with Crippen LogP contribution >= 0.6 is 27.5 Å². The number of carbonyl (C=O) groups is 1. The molecule has 0 aliphatic carbocycles. The van der Waals surface area contributed by atoms with Gasteiger partial charge in [-0.05, 0) is 35.9 Å². The van der Waals surface area contributed by atoms with Crippen molar-refractivity contribution in [3.63, 3.8) is 0 Å². The van der Waals surface area contributed by atoms with Gasteiger partial charge >= 0.3 is 0 Å². The molecule has 0 aromatic heterocycles. The highest BCUT2D eigenvalue weighted by molar-refractivity contribution is 9.10. The maximum absolute atomic E-state index is 13.2. The van der Waals surface area contributed by atoms with Crippen LogP contribution in [0.1, 0.15) is 15.9 Å².